The van der Waals surface area contributed by atoms with E-state index in [0.29, 0.717) is 5.69 Å². The Hall–Kier alpha value is -2.45. The van der Waals surface area contributed by atoms with Crippen LogP contribution in [0.5, 0.6) is 0 Å². The summed E-state index contributed by atoms with van der Waals surface area (Å²) in [5, 5.41) is 17.6. The number of amides is 1. The average molecular weight is 251 g/mol. The molecule has 0 saturated heterocycles. The van der Waals surface area contributed by atoms with Gasteiger partial charge in [0, 0.05) is 6.92 Å². The summed E-state index contributed by atoms with van der Waals surface area (Å²) in [6, 6.07) is 0. The molecule has 0 aromatic carbocycles. The van der Waals surface area contributed by atoms with Crippen molar-refractivity contribution >= 4 is 11.7 Å². The van der Waals surface area contributed by atoms with Gasteiger partial charge in [-0.2, -0.15) is 4.68 Å². The number of hydrogen-bond acceptors (Lipinski definition) is 7. The summed E-state index contributed by atoms with van der Waals surface area (Å²) in [6.07, 6.45) is 1.52. The molecule has 0 saturated carbocycles. The van der Waals surface area contributed by atoms with E-state index in [1.165, 1.54) is 17.8 Å². The predicted octanol–water partition coefficient (Wildman–Crippen LogP) is -0.396. The van der Waals surface area contributed by atoms with E-state index in [9.17, 15) is 4.79 Å². The van der Waals surface area contributed by atoms with Gasteiger partial charge in [-0.1, -0.05) is 5.21 Å². The Morgan fingerprint density at radius 3 is 2.78 bits per heavy atom. The Kier molecular flexibility index (Phi) is 2.73. The van der Waals surface area contributed by atoms with Gasteiger partial charge in [-0.25, -0.2) is 4.63 Å². The summed E-state index contributed by atoms with van der Waals surface area (Å²) in [7, 11) is 0. The zero-order valence-corrected chi connectivity index (χ0v) is 10.2. The zero-order chi connectivity index (χ0) is 13.3. The minimum atomic E-state index is -0.680. The summed E-state index contributed by atoms with van der Waals surface area (Å²) in [5.74, 6) is 0.167. The first kappa shape index (κ1) is 12.0. The van der Waals surface area contributed by atoms with E-state index < -0.39 is 5.54 Å². The van der Waals surface area contributed by atoms with Crippen LogP contribution in [-0.2, 0) is 10.3 Å². The third-order valence-corrected chi connectivity index (χ3v) is 2.37. The Morgan fingerprint density at radius 1 is 1.50 bits per heavy atom. The Labute approximate surface area is 102 Å². The number of rotatable bonds is 3. The van der Waals surface area contributed by atoms with Crippen molar-refractivity contribution in [1.29, 1.82) is 0 Å². The molecule has 96 valence electrons. The van der Waals surface area contributed by atoms with Gasteiger partial charge in [0.25, 0.3) is 0 Å². The summed E-state index contributed by atoms with van der Waals surface area (Å²) < 4.78 is 5.89. The zero-order valence-electron chi connectivity index (χ0n) is 10.2. The van der Waals surface area contributed by atoms with E-state index >= 15 is 0 Å². The number of carbonyl (C=O) groups excluding carboxylic acids is 1. The molecule has 2 rings (SSSR count). The maximum Gasteiger partial charge on any atom is 0.243 e. The highest BCUT2D eigenvalue weighted by Crippen LogP contribution is 2.22. The van der Waals surface area contributed by atoms with Crippen LogP contribution in [0.2, 0.25) is 0 Å². The normalized spacial score (nSPS) is 11.5. The predicted molar refractivity (Wildman–Crippen MR) is 60.5 cm³/mol. The first-order valence-corrected chi connectivity index (χ1v) is 5.20. The van der Waals surface area contributed by atoms with Crippen LogP contribution in [0.1, 0.15) is 26.5 Å². The summed E-state index contributed by atoms with van der Waals surface area (Å²) in [5.41, 5.74) is 5.53. The minimum absolute atomic E-state index is 0.0976. The quantitative estimate of drug-likeness (QED) is 0.760. The van der Waals surface area contributed by atoms with Gasteiger partial charge < -0.3 is 11.1 Å². The van der Waals surface area contributed by atoms with Crippen molar-refractivity contribution < 1.29 is 9.42 Å². The standard InChI is InChI=1S/C9H13N7O2/c1-5(17)12-9(2,3)6-4-11-15-16(6)8-7(10)13-18-14-8/h4H,1-3H3,(H2,10,13)(H,12,17). The van der Waals surface area contributed by atoms with Crippen molar-refractivity contribution in [2.75, 3.05) is 5.73 Å². The van der Waals surface area contributed by atoms with Crippen molar-refractivity contribution in [3.05, 3.63) is 11.9 Å². The molecular formula is C9H13N7O2. The second kappa shape index (κ2) is 4.09. The second-order valence-electron chi connectivity index (χ2n) is 4.31. The molecule has 2 heterocycles. The lowest BCUT2D eigenvalue weighted by Crippen LogP contribution is -2.41. The fourth-order valence-corrected chi connectivity index (χ4v) is 1.66. The minimum Gasteiger partial charge on any atom is -0.378 e. The first-order chi connectivity index (χ1) is 8.42. The number of hydrogen-bond donors (Lipinski definition) is 2. The van der Waals surface area contributed by atoms with Crippen molar-refractivity contribution in [2.45, 2.75) is 26.3 Å². The summed E-state index contributed by atoms with van der Waals surface area (Å²) in [6.45, 7) is 5.06. The molecule has 9 heteroatoms. The van der Waals surface area contributed by atoms with E-state index in [0.717, 1.165) is 0 Å². The lowest BCUT2D eigenvalue weighted by Gasteiger charge is -2.25. The third kappa shape index (κ3) is 2.01. The Balaban J connectivity index is 2.45. The van der Waals surface area contributed by atoms with Crippen LogP contribution in [-0.4, -0.2) is 31.2 Å². The molecule has 1 amide bonds. The van der Waals surface area contributed by atoms with Crippen LogP contribution in [0.15, 0.2) is 10.8 Å². The fourth-order valence-electron chi connectivity index (χ4n) is 1.66. The van der Waals surface area contributed by atoms with Crippen molar-refractivity contribution in [1.82, 2.24) is 30.6 Å². The smallest absolute Gasteiger partial charge is 0.243 e. The molecule has 3 N–H and O–H groups in total. The Morgan fingerprint density at radius 2 is 2.22 bits per heavy atom. The van der Waals surface area contributed by atoms with Crippen LogP contribution >= 0.6 is 0 Å². The maximum atomic E-state index is 11.2. The van der Waals surface area contributed by atoms with Gasteiger partial charge in [-0.15, -0.1) is 5.10 Å². The fraction of sp³-hybridized carbons (Fsp3) is 0.444. The molecule has 0 aliphatic rings. The van der Waals surface area contributed by atoms with Gasteiger partial charge in [0.05, 0.1) is 17.4 Å². The SMILES string of the molecule is CC(=O)NC(C)(C)c1cnnn1-c1nonc1N. The molecule has 2 aromatic rings. The summed E-state index contributed by atoms with van der Waals surface area (Å²) in [4.78, 5) is 11.2. The average Bonchev–Trinajstić information content (AvgIpc) is 2.82. The largest absolute Gasteiger partial charge is 0.378 e. The molecule has 0 aliphatic carbocycles. The van der Waals surface area contributed by atoms with Gasteiger partial charge in [-0.05, 0) is 24.2 Å². The molecular weight excluding hydrogens is 238 g/mol. The number of nitrogens with one attached hydrogen (secondary N) is 1. The van der Waals surface area contributed by atoms with Crippen LogP contribution < -0.4 is 11.1 Å². The lowest BCUT2D eigenvalue weighted by atomic mass is 10.0. The van der Waals surface area contributed by atoms with Crippen molar-refractivity contribution in [3.63, 3.8) is 0 Å². The number of nitrogens with zero attached hydrogens (tertiary/aromatic N) is 5. The second-order valence-corrected chi connectivity index (χ2v) is 4.31. The van der Waals surface area contributed by atoms with Gasteiger partial charge in [0.2, 0.25) is 17.5 Å². The number of nitrogens with two attached hydrogens (primary N) is 1. The molecule has 0 aliphatic heterocycles. The first-order valence-electron chi connectivity index (χ1n) is 5.20. The van der Waals surface area contributed by atoms with E-state index in [1.807, 2.05) is 13.8 Å². The number of nitrogen functional groups attached to an aromatic ring is 1. The number of carbonyl (C=O) groups is 1. The molecule has 0 fully saturated rings. The van der Waals surface area contributed by atoms with Crippen molar-refractivity contribution in [2.24, 2.45) is 0 Å². The van der Waals surface area contributed by atoms with Crippen molar-refractivity contribution in [3.8, 4) is 5.82 Å². The topological polar surface area (TPSA) is 125 Å². The van der Waals surface area contributed by atoms with Gasteiger partial charge >= 0.3 is 0 Å². The molecule has 0 radical (unpaired) electrons. The van der Waals surface area contributed by atoms with Gasteiger partial charge in [0.1, 0.15) is 0 Å². The van der Waals surface area contributed by atoms with Gasteiger partial charge in [-0.3, -0.25) is 4.79 Å². The highest BCUT2D eigenvalue weighted by molar-refractivity contribution is 5.73. The van der Waals surface area contributed by atoms with Gasteiger partial charge in [0.15, 0.2) is 0 Å². The summed E-state index contributed by atoms with van der Waals surface area (Å²) >= 11 is 0. The third-order valence-electron chi connectivity index (χ3n) is 2.37. The molecule has 0 atom stereocenters. The van der Waals surface area contributed by atoms with Crippen LogP contribution in [0.25, 0.3) is 5.82 Å². The molecule has 0 unspecified atom stereocenters. The van der Waals surface area contributed by atoms with E-state index in [2.05, 4.69) is 30.6 Å². The van der Waals surface area contributed by atoms with E-state index in [1.54, 1.807) is 0 Å². The van der Waals surface area contributed by atoms with E-state index in [4.69, 9.17) is 5.73 Å². The van der Waals surface area contributed by atoms with Crippen LogP contribution in [0.4, 0.5) is 5.82 Å². The highest BCUT2D eigenvalue weighted by Gasteiger charge is 2.28. The van der Waals surface area contributed by atoms with Crippen LogP contribution in [0, 0.1) is 0 Å². The maximum absolute atomic E-state index is 11.2. The monoisotopic (exact) mass is 251 g/mol. The molecule has 0 bridgehead atoms. The lowest BCUT2D eigenvalue weighted by molar-refractivity contribution is -0.120. The molecule has 2 aromatic heterocycles. The van der Waals surface area contributed by atoms with Crippen LogP contribution in [0.3, 0.4) is 0 Å². The highest BCUT2D eigenvalue weighted by atomic mass is 16.6. The molecule has 18 heavy (non-hydrogen) atoms. The molecule has 9 nitrogen and oxygen atoms in total. The number of anilines is 1. The van der Waals surface area contributed by atoms with E-state index in [-0.39, 0.29) is 17.5 Å². The Bertz CT molecular complexity index is 571. The number of aromatic nitrogens is 5. The molecule has 0 spiro atoms.